The lowest BCUT2D eigenvalue weighted by atomic mass is 10.0. The fraction of sp³-hybridized carbons (Fsp3) is 0.500. The molecule has 1 aliphatic carbocycles. The average molecular weight is 330 g/mol. The molecule has 0 unspecified atom stereocenters. The van der Waals surface area contributed by atoms with E-state index >= 15 is 0 Å². The Morgan fingerprint density at radius 1 is 1.33 bits per heavy atom. The molecule has 1 fully saturated rings. The average Bonchev–Trinajstić information content (AvgIpc) is 3.08. The second-order valence-corrected chi connectivity index (χ2v) is 7.71. The van der Waals surface area contributed by atoms with E-state index in [9.17, 15) is 14.9 Å². The summed E-state index contributed by atoms with van der Waals surface area (Å²) in [5.41, 5.74) is 0.536. The van der Waals surface area contributed by atoms with Gasteiger partial charge in [0, 0.05) is 35.8 Å². The van der Waals surface area contributed by atoms with Crippen molar-refractivity contribution in [3.8, 4) is 0 Å². The summed E-state index contributed by atoms with van der Waals surface area (Å²) in [4.78, 5) is 22.6. The minimum atomic E-state index is -0.466. The van der Waals surface area contributed by atoms with Gasteiger partial charge in [-0.25, -0.2) is 0 Å². The topological polar surface area (TPSA) is 74.4 Å². The molecule has 3 rings (SSSR count). The number of benzene rings is 1. The molecule has 1 saturated carbocycles. The number of non-ortho nitro benzene ring substituents is 1. The zero-order chi connectivity index (χ0) is 17.5. The molecule has 0 saturated heterocycles. The number of nitro benzene ring substituents is 1. The van der Waals surface area contributed by atoms with E-state index in [0.29, 0.717) is 6.42 Å². The summed E-state index contributed by atoms with van der Waals surface area (Å²) in [5.74, 6) is -0.160. The zero-order valence-electron chi connectivity index (χ0n) is 14.2. The van der Waals surface area contributed by atoms with E-state index in [4.69, 9.17) is 4.74 Å². The van der Waals surface area contributed by atoms with Gasteiger partial charge in [-0.1, -0.05) is 0 Å². The Morgan fingerprint density at radius 2 is 2.04 bits per heavy atom. The molecule has 1 aromatic carbocycles. The Bertz CT molecular complexity index is 797. The smallest absolute Gasteiger partial charge is 0.306 e. The fourth-order valence-corrected chi connectivity index (χ4v) is 3.05. The van der Waals surface area contributed by atoms with Crippen LogP contribution in [0.25, 0.3) is 10.9 Å². The molecule has 0 N–H and O–H groups in total. The summed E-state index contributed by atoms with van der Waals surface area (Å²) in [5, 5.41) is 11.7. The van der Waals surface area contributed by atoms with Crippen molar-refractivity contribution in [1.82, 2.24) is 4.57 Å². The van der Waals surface area contributed by atoms with Crippen molar-refractivity contribution in [2.45, 2.75) is 52.2 Å². The molecule has 24 heavy (non-hydrogen) atoms. The maximum absolute atomic E-state index is 12.1. The molecular weight excluding hydrogens is 308 g/mol. The Hall–Kier alpha value is -2.37. The van der Waals surface area contributed by atoms with Crippen molar-refractivity contribution in [1.29, 1.82) is 0 Å². The molecule has 2 aromatic rings. The molecule has 0 aliphatic heterocycles. The maximum Gasteiger partial charge on any atom is 0.306 e. The van der Waals surface area contributed by atoms with Crippen molar-refractivity contribution >= 4 is 22.6 Å². The van der Waals surface area contributed by atoms with Gasteiger partial charge in [0.15, 0.2) is 0 Å². The van der Waals surface area contributed by atoms with E-state index in [2.05, 4.69) is 4.57 Å². The number of esters is 1. The normalized spacial score (nSPS) is 16.1. The Balaban J connectivity index is 1.75. The first-order valence-electron chi connectivity index (χ1n) is 8.13. The van der Waals surface area contributed by atoms with E-state index in [0.717, 1.165) is 30.3 Å². The number of aromatic nitrogens is 1. The van der Waals surface area contributed by atoms with Crippen LogP contribution < -0.4 is 0 Å². The van der Waals surface area contributed by atoms with Crippen LogP contribution in [0.4, 0.5) is 5.69 Å². The Morgan fingerprint density at radius 3 is 2.62 bits per heavy atom. The van der Waals surface area contributed by atoms with Crippen molar-refractivity contribution < 1.29 is 14.5 Å². The molecule has 1 heterocycles. The van der Waals surface area contributed by atoms with Gasteiger partial charge in [-0.05, 0) is 51.2 Å². The SMILES string of the molecule is CC(C)(C)OC(=O)CC1(Cn2ccc3cc([N+](=O)[O-])ccc32)CC1. The van der Waals surface area contributed by atoms with E-state index in [-0.39, 0.29) is 22.0 Å². The minimum Gasteiger partial charge on any atom is -0.460 e. The number of hydrogen-bond acceptors (Lipinski definition) is 4. The van der Waals surface area contributed by atoms with E-state index in [1.54, 1.807) is 12.1 Å². The monoisotopic (exact) mass is 330 g/mol. The highest BCUT2D eigenvalue weighted by molar-refractivity contribution is 5.82. The van der Waals surface area contributed by atoms with Gasteiger partial charge in [-0.2, -0.15) is 0 Å². The quantitative estimate of drug-likeness (QED) is 0.471. The van der Waals surface area contributed by atoms with E-state index in [1.807, 2.05) is 33.0 Å². The van der Waals surface area contributed by atoms with Crippen LogP contribution in [0, 0.1) is 15.5 Å². The van der Waals surface area contributed by atoms with Gasteiger partial charge in [-0.3, -0.25) is 14.9 Å². The lowest BCUT2D eigenvalue weighted by Crippen LogP contribution is -2.26. The van der Waals surface area contributed by atoms with Gasteiger partial charge in [0.1, 0.15) is 5.60 Å². The van der Waals surface area contributed by atoms with Crippen LogP contribution in [-0.4, -0.2) is 21.1 Å². The van der Waals surface area contributed by atoms with Crippen molar-refractivity contribution in [3.05, 3.63) is 40.6 Å². The van der Waals surface area contributed by atoms with Gasteiger partial charge in [-0.15, -0.1) is 0 Å². The highest BCUT2D eigenvalue weighted by atomic mass is 16.6. The van der Waals surface area contributed by atoms with Gasteiger partial charge < -0.3 is 9.30 Å². The highest BCUT2D eigenvalue weighted by Crippen LogP contribution is 2.51. The first kappa shape index (κ1) is 16.5. The first-order chi connectivity index (χ1) is 11.2. The second kappa shape index (κ2) is 5.61. The van der Waals surface area contributed by atoms with Crippen LogP contribution in [-0.2, 0) is 16.1 Å². The third-order valence-corrected chi connectivity index (χ3v) is 4.37. The molecule has 0 atom stereocenters. The fourth-order valence-electron chi connectivity index (χ4n) is 3.05. The summed E-state index contributed by atoms with van der Waals surface area (Å²) < 4.78 is 7.52. The van der Waals surface area contributed by atoms with Gasteiger partial charge in [0.25, 0.3) is 5.69 Å². The number of fused-ring (bicyclic) bond motifs is 1. The van der Waals surface area contributed by atoms with Crippen LogP contribution in [0.5, 0.6) is 0 Å². The maximum atomic E-state index is 12.1. The highest BCUT2D eigenvalue weighted by Gasteiger charge is 2.45. The van der Waals surface area contributed by atoms with Crippen molar-refractivity contribution in [2.75, 3.05) is 0 Å². The number of carbonyl (C=O) groups is 1. The predicted octanol–water partition coefficient (Wildman–Crippen LogP) is 4.06. The summed E-state index contributed by atoms with van der Waals surface area (Å²) in [7, 11) is 0. The van der Waals surface area contributed by atoms with Gasteiger partial charge >= 0.3 is 5.97 Å². The van der Waals surface area contributed by atoms with Crippen LogP contribution in [0.15, 0.2) is 30.5 Å². The first-order valence-corrected chi connectivity index (χ1v) is 8.13. The number of nitrogens with zero attached hydrogens (tertiary/aromatic N) is 2. The molecule has 0 spiro atoms. The minimum absolute atomic E-state index is 0.0456. The molecule has 6 nitrogen and oxygen atoms in total. The third kappa shape index (κ3) is 3.58. The Labute approximate surface area is 140 Å². The second-order valence-electron chi connectivity index (χ2n) is 7.71. The van der Waals surface area contributed by atoms with Crippen molar-refractivity contribution in [3.63, 3.8) is 0 Å². The number of carbonyl (C=O) groups excluding carboxylic acids is 1. The molecule has 0 radical (unpaired) electrons. The van der Waals surface area contributed by atoms with Gasteiger partial charge in [0.2, 0.25) is 0 Å². The van der Waals surface area contributed by atoms with E-state index in [1.165, 1.54) is 6.07 Å². The molecular formula is C18H22N2O4. The summed E-state index contributed by atoms with van der Waals surface area (Å²) in [6.45, 7) is 6.35. The molecule has 1 aliphatic rings. The third-order valence-electron chi connectivity index (χ3n) is 4.37. The molecule has 0 bridgehead atoms. The molecule has 0 amide bonds. The summed E-state index contributed by atoms with van der Waals surface area (Å²) in [6.07, 6.45) is 4.35. The summed E-state index contributed by atoms with van der Waals surface area (Å²) in [6, 6.07) is 6.76. The number of hydrogen-bond donors (Lipinski definition) is 0. The zero-order valence-corrected chi connectivity index (χ0v) is 14.2. The van der Waals surface area contributed by atoms with Crippen LogP contribution >= 0.6 is 0 Å². The standard InChI is InChI=1S/C18H22N2O4/c1-17(2,3)24-16(21)11-18(7-8-18)12-19-9-6-13-10-14(20(22)23)4-5-15(13)19/h4-6,9-10H,7-8,11-12H2,1-3H3. The number of ether oxygens (including phenoxy) is 1. The lowest BCUT2D eigenvalue weighted by molar-refractivity contribution is -0.384. The van der Waals surface area contributed by atoms with Gasteiger partial charge in [0.05, 0.1) is 11.3 Å². The van der Waals surface area contributed by atoms with E-state index < -0.39 is 5.60 Å². The molecule has 128 valence electrons. The number of nitro groups is 1. The molecule has 6 heteroatoms. The largest absolute Gasteiger partial charge is 0.460 e. The lowest BCUT2D eigenvalue weighted by Gasteiger charge is -2.22. The summed E-state index contributed by atoms with van der Waals surface area (Å²) >= 11 is 0. The Kier molecular flexibility index (Phi) is 3.86. The van der Waals surface area contributed by atoms with Crippen LogP contribution in [0.2, 0.25) is 0 Å². The van der Waals surface area contributed by atoms with Crippen LogP contribution in [0.3, 0.4) is 0 Å². The van der Waals surface area contributed by atoms with Crippen molar-refractivity contribution in [2.24, 2.45) is 5.41 Å². The molecule has 1 aromatic heterocycles. The number of rotatable bonds is 5. The van der Waals surface area contributed by atoms with Crippen LogP contribution in [0.1, 0.15) is 40.0 Å². The predicted molar refractivity (Wildman–Crippen MR) is 90.7 cm³/mol.